The smallest absolute Gasteiger partial charge is 0.220 e. The molecule has 18 heavy (non-hydrogen) atoms. The molecule has 1 saturated carbocycles. The van der Waals surface area contributed by atoms with Crippen LogP contribution >= 0.6 is 0 Å². The summed E-state index contributed by atoms with van der Waals surface area (Å²) in [4.78, 5) is 11.9. The van der Waals surface area contributed by atoms with Gasteiger partial charge in [0.25, 0.3) is 0 Å². The molecule has 4 nitrogen and oxygen atoms in total. The van der Waals surface area contributed by atoms with E-state index in [0.29, 0.717) is 13.0 Å². The molecule has 0 aromatic rings. The zero-order chi connectivity index (χ0) is 13.6. The SMILES string of the molecule is CC(C)(CCN)CCC(=O)N[C@H]1CCCC[C@@H]1O. The predicted octanol–water partition coefficient (Wildman–Crippen LogP) is 1.56. The van der Waals surface area contributed by atoms with Crippen molar-refractivity contribution in [3.63, 3.8) is 0 Å². The molecule has 1 fully saturated rings. The molecule has 1 amide bonds. The first kappa shape index (κ1) is 15.4. The highest BCUT2D eigenvalue weighted by molar-refractivity contribution is 5.76. The van der Waals surface area contributed by atoms with Crippen molar-refractivity contribution in [3.05, 3.63) is 0 Å². The molecule has 0 radical (unpaired) electrons. The molecule has 0 aliphatic heterocycles. The Morgan fingerprint density at radius 1 is 1.33 bits per heavy atom. The number of nitrogens with one attached hydrogen (secondary N) is 1. The minimum absolute atomic E-state index is 0.0381. The van der Waals surface area contributed by atoms with Gasteiger partial charge in [0, 0.05) is 6.42 Å². The Kier molecular flexibility index (Phi) is 6.09. The molecule has 4 N–H and O–H groups in total. The monoisotopic (exact) mass is 256 g/mol. The maximum absolute atomic E-state index is 11.9. The van der Waals surface area contributed by atoms with Crippen LogP contribution in [-0.2, 0) is 4.79 Å². The minimum atomic E-state index is -0.361. The number of carbonyl (C=O) groups is 1. The molecule has 0 unspecified atom stereocenters. The van der Waals surface area contributed by atoms with Crippen LogP contribution in [0.4, 0.5) is 0 Å². The first-order chi connectivity index (χ1) is 8.44. The third kappa shape index (κ3) is 5.36. The Hall–Kier alpha value is -0.610. The highest BCUT2D eigenvalue weighted by Gasteiger charge is 2.25. The van der Waals surface area contributed by atoms with Gasteiger partial charge in [0.1, 0.15) is 0 Å². The molecule has 2 atom stereocenters. The summed E-state index contributed by atoms with van der Waals surface area (Å²) >= 11 is 0. The number of nitrogens with two attached hydrogens (primary N) is 1. The summed E-state index contributed by atoms with van der Waals surface area (Å²) in [5, 5.41) is 12.8. The second kappa shape index (κ2) is 7.10. The number of aliphatic hydroxyl groups excluding tert-OH is 1. The van der Waals surface area contributed by atoms with E-state index in [2.05, 4.69) is 19.2 Å². The molecular formula is C14H28N2O2. The van der Waals surface area contributed by atoms with Gasteiger partial charge in [-0.1, -0.05) is 26.7 Å². The zero-order valence-corrected chi connectivity index (χ0v) is 11.7. The van der Waals surface area contributed by atoms with E-state index >= 15 is 0 Å². The van der Waals surface area contributed by atoms with E-state index in [1.807, 2.05) is 0 Å². The third-order valence-electron chi connectivity index (χ3n) is 3.93. The van der Waals surface area contributed by atoms with Gasteiger partial charge in [0.05, 0.1) is 12.1 Å². The van der Waals surface area contributed by atoms with Crippen LogP contribution in [0.1, 0.15) is 58.8 Å². The second-order valence-corrected chi connectivity index (χ2v) is 6.23. The largest absolute Gasteiger partial charge is 0.391 e. The van der Waals surface area contributed by atoms with E-state index in [1.165, 1.54) is 0 Å². The van der Waals surface area contributed by atoms with Crippen molar-refractivity contribution < 1.29 is 9.90 Å². The highest BCUT2D eigenvalue weighted by Crippen LogP contribution is 2.26. The fourth-order valence-electron chi connectivity index (χ4n) is 2.53. The average molecular weight is 256 g/mol. The Labute approximate surface area is 110 Å². The summed E-state index contributed by atoms with van der Waals surface area (Å²) in [6, 6.07) is -0.0381. The quantitative estimate of drug-likeness (QED) is 0.675. The number of carbonyl (C=O) groups excluding carboxylic acids is 1. The standard InChI is InChI=1S/C14H28N2O2/c1-14(2,9-10-15)8-7-13(18)16-11-5-3-4-6-12(11)17/h11-12,17H,3-10,15H2,1-2H3,(H,16,18)/t11-,12-/m0/s1. The van der Waals surface area contributed by atoms with E-state index in [1.54, 1.807) is 0 Å². The van der Waals surface area contributed by atoms with Crippen molar-refractivity contribution in [1.29, 1.82) is 0 Å². The van der Waals surface area contributed by atoms with Crippen LogP contribution in [0.2, 0.25) is 0 Å². The highest BCUT2D eigenvalue weighted by atomic mass is 16.3. The summed E-state index contributed by atoms with van der Waals surface area (Å²) in [7, 11) is 0. The minimum Gasteiger partial charge on any atom is -0.391 e. The fourth-order valence-corrected chi connectivity index (χ4v) is 2.53. The van der Waals surface area contributed by atoms with Crippen molar-refractivity contribution in [3.8, 4) is 0 Å². The summed E-state index contributed by atoms with van der Waals surface area (Å²) < 4.78 is 0. The maximum Gasteiger partial charge on any atom is 0.220 e. The third-order valence-corrected chi connectivity index (χ3v) is 3.93. The summed E-state index contributed by atoms with van der Waals surface area (Å²) in [5.41, 5.74) is 5.68. The number of hydrogen-bond donors (Lipinski definition) is 3. The van der Waals surface area contributed by atoms with Crippen LogP contribution in [0, 0.1) is 5.41 Å². The van der Waals surface area contributed by atoms with Crippen molar-refractivity contribution in [1.82, 2.24) is 5.32 Å². The molecule has 0 bridgehead atoms. The number of rotatable bonds is 6. The van der Waals surface area contributed by atoms with Crippen LogP contribution in [-0.4, -0.2) is 29.7 Å². The Morgan fingerprint density at radius 3 is 2.61 bits per heavy atom. The van der Waals surface area contributed by atoms with Crippen molar-refractivity contribution >= 4 is 5.91 Å². The van der Waals surface area contributed by atoms with Gasteiger partial charge < -0.3 is 16.2 Å². The van der Waals surface area contributed by atoms with Crippen molar-refractivity contribution in [2.24, 2.45) is 11.1 Å². The first-order valence-electron chi connectivity index (χ1n) is 7.12. The van der Waals surface area contributed by atoms with Crippen molar-refractivity contribution in [2.45, 2.75) is 70.9 Å². The lowest BCUT2D eigenvalue weighted by molar-refractivity contribution is -0.123. The van der Waals surface area contributed by atoms with Crippen LogP contribution in [0.25, 0.3) is 0 Å². The fraction of sp³-hybridized carbons (Fsp3) is 0.929. The lowest BCUT2D eigenvalue weighted by Gasteiger charge is -2.29. The van der Waals surface area contributed by atoms with Crippen LogP contribution in [0.5, 0.6) is 0 Å². The van der Waals surface area contributed by atoms with Gasteiger partial charge in [-0.3, -0.25) is 4.79 Å². The molecule has 1 aliphatic carbocycles. The average Bonchev–Trinajstić information content (AvgIpc) is 2.30. The molecule has 0 aromatic heterocycles. The van der Waals surface area contributed by atoms with Gasteiger partial charge in [0.2, 0.25) is 5.91 Å². The summed E-state index contributed by atoms with van der Waals surface area (Å²) in [6.07, 6.45) is 5.82. The van der Waals surface area contributed by atoms with E-state index in [4.69, 9.17) is 5.73 Å². The Morgan fingerprint density at radius 2 is 2.00 bits per heavy atom. The number of aliphatic hydroxyl groups is 1. The van der Waals surface area contributed by atoms with Gasteiger partial charge in [-0.25, -0.2) is 0 Å². The normalized spacial score (nSPS) is 24.9. The van der Waals surface area contributed by atoms with Gasteiger partial charge in [-0.2, -0.15) is 0 Å². The molecule has 1 rings (SSSR count). The molecule has 106 valence electrons. The molecule has 1 aliphatic rings. The van der Waals surface area contributed by atoms with Gasteiger partial charge in [-0.15, -0.1) is 0 Å². The van der Waals surface area contributed by atoms with E-state index < -0.39 is 0 Å². The van der Waals surface area contributed by atoms with Crippen LogP contribution in [0.3, 0.4) is 0 Å². The van der Waals surface area contributed by atoms with Crippen LogP contribution < -0.4 is 11.1 Å². The van der Waals surface area contributed by atoms with Crippen LogP contribution in [0.15, 0.2) is 0 Å². The summed E-state index contributed by atoms with van der Waals surface area (Å²) in [5.74, 6) is 0.0612. The molecule has 0 heterocycles. The predicted molar refractivity (Wildman–Crippen MR) is 73.1 cm³/mol. The molecule has 0 saturated heterocycles. The van der Waals surface area contributed by atoms with E-state index in [-0.39, 0.29) is 23.5 Å². The number of hydrogen-bond acceptors (Lipinski definition) is 3. The Bertz CT molecular complexity index is 267. The number of amides is 1. The maximum atomic E-state index is 11.9. The van der Waals surface area contributed by atoms with E-state index in [9.17, 15) is 9.90 Å². The zero-order valence-electron chi connectivity index (χ0n) is 11.7. The first-order valence-corrected chi connectivity index (χ1v) is 7.12. The topological polar surface area (TPSA) is 75.4 Å². The molecule has 0 aromatic carbocycles. The van der Waals surface area contributed by atoms with Gasteiger partial charge in [0.15, 0.2) is 0 Å². The lowest BCUT2D eigenvalue weighted by Crippen LogP contribution is -2.45. The van der Waals surface area contributed by atoms with Gasteiger partial charge >= 0.3 is 0 Å². The molecular weight excluding hydrogens is 228 g/mol. The van der Waals surface area contributed by atoms with Gasteiger partial charge in [-0.05, 0) is 37.6 Å². The van der Waals surface area contributed by atoms with E-state index in [0.717, 1.165) is 38.5 Å². The lowest BCUT2D eigenvalue weighted by atomic mass is 9.84. The molecule has 4 heteroatoms. The summed E-state index contributed by atoms with van der Waals surface area (Å²) in [6.45, 7) is 4.95. The Balaban J connectivity index is 2.28. The molecule has 0 spiro atoms. The second-order valence-electron chi connectivity index (χ2n) is 6.23. The van der Waals surface area contributed by atoms with Crippen molar-refractivity contribution in [2.75, 3.05) is 6.54 Å².